The molecule has 0 saturated heterocycles. The van der Waals surface area contributed by atoms with Crippen molar-refractivity contribution in [1.29, 1.82) is 0 Å². The maximum atomic E-state index is 12.8. The molecule has 0 aliphatic carbocycles. The third-order valence-corrected chi connectivity index (χ3v) is 8.44. The standard InChI is InChI=1S/C37H70N4O7/c1-5-9-13-15-22-30(20-11-7-3)34(43)46-27-17-18-28-48-36(45)32(25-26-40-37(38)39)41-33(42)24-19-29-47-35(44)31(21-12-8-4)23-16-14-10-6-2/h30-32H,5-29H2,1-4H3,(H,41,42)(H4,38,39,40). The molecule has 0 saturated carbocycles. The first-order valence-electron chi connectivity index (χ1n) is 19.0. The molecule has 0 rings (SSSR count). The SMILES string of the molecule is CCCCCCC(CCCC)C(=O)OCCCCOC(=O)C(CCN=C(N)N)NC(=O)CCCOC(=O)C(CCCC)CCCCCC. The van der Waals surface area contributed by atoms with Gasteiger partial charge in [0.25, 0.3) is 0 Å². The zero-order valence-electron chi connectivity index (χ0n) is 30.9. The number of rotatable bonds is 32. The quantitative estimate of drug-likeness (QED) is 0.0225. The molecular formula is C37H70N4O7. The molecule has 5 N–H and O–H groups in total. The van der Waals surface area contributed by atoms with E-state index in [9.17, 15) is 19.2 Å². The second kappa shape index (κ2) is 31.4. The van der Waals surface area contributed by atoms with Crippen molar-refractivity contribution in [3.63, 3.8) is 0 Å². The molecule has 0 radical (unpaired) electrons. The third-order valence-electron chi connectivity index (χ3n) is 8.44. The van der Waals surface area contributed by atoms with Crippen molar-refractivity contribution in [2.45, 2.75) is 169 Å². The van der Waals surface area contributed by atoms with Gasteiger partial charge in [0.1, 0.15) is 6.04 Å². The molecule has 0 aliphatic rings. The topological polar surface area (TPSA) is 172 Å². The molecule has 0 aromatic rings. The summed E-state index contributed by atoms with van der Waals surface area (Å²) in [6, 6.07) is -0.922. The van der Waals surface area contributed by atoms with Crippen LogP contribution in [0, 0.1) is 11.8 Å². The molecule has 11 nitrogen and oxygen atoms in total. The third kappa shape index (κ3) is 25.2. The van der Waals surface area contributed by atoms with E-state index in [0.717, 1.165) is 89.9 Å². The van der Waals surface area contributed by atoms with E-state index >= 15 is 0 Å². The zero-order chi connectivity index (χ0) is 35.8. The Hall–Kier alpha value is -2.85. The Morgan fingerprint density at radius 1 is 0.542 bits per heavy atom. The van der Waals surface area contributed by atoms with Crippen molar-refractivity contribution in [3.8, 4) is 0 Å². The molecule has 48 heavy (non-hydrogen) atoms. The van der Waals surface area contributed by atoms with Gasteiger partial charge >= 0.3 is 17.9 Å². The second-order valence-corrected chi connectivity index (χ2v) is 12.9. The van der Waals surface area contributed by atoms with Crippen LogP contribution in [-0.2, 0) is 33.4 Å². The van der Waals surface area contributed by atoms with Crippen molar-refractivity contribution in [3.05, 3.63) is 0 Å². The molecule has 0 spiro atoms. The van der Waals surface area contributed by atoms with Gasteiger partial charge in [-0.2, -0.15) is 0 Å². The van der Waals surface area contributed by atoms with Gasteiger partial charge in [0.2, 0.25) is 5.91 Å². The molecule has 0 fully saturated rings. The van der Waals surface area contributed by atoms with Gasteiger partial charge in [0, 0.05) is 13.0 Å². The second-order valence-electron chi connectivity index (χ2n) is 12.9. The molecule has 3 atom stereocenters. The summed E-state index contributed by atoms with van der Waals surface area (Å²) in [4.78, 5) is 54.8. The van der Waals surface area contributed by atoms with Crippen molar-refractivity contribution in [2.75, 3.05) is 26.4 Å². The summed E-state index contributed by atoms with van der Waals surface area (Å²) in [5.41, 5.74) is 10.8. The number of nitrogens with two attached hydrogens (primary N) is 2. The largest absolute Gasteiger partial charge is 0.465 e. The van der Waals surface area contributed by atoms with Crippen molar-refractivity contribution < 1.29 is 33.4 Å². The van der Waals surface area contributed by atoms with Crippen molar-refractivity contribution in [1.82, 2.24) is 5.32 Å². The first-order chi connectivity index (χ1) is 23.2. The zero-order valence-corrected chi connectivity index (χ0v) is 30.9. The lowest BCUT2D eigenvalue weighted by Gasteiger charge is -2.18. The number of aliphatic imine (C=N–C) groups is 1. The van der Waals surface area contributed by atoms with Crippen LogP contribution in [0.5, 0.6) is 0 Å². The summed E-state index contributed by atoms with van der Waals surface area (Å²) in [5, 5.41) is 2.72. The Morgan fingerprint density at radius 2 is 0.979 bits per heavy atom. The van der Waals surface area contributed by atoms with Gasteiger partial charge in [-0.3, -0.25) is 19.4 Å². The highest BCUT2D eigenvalue weighted by Crippen LogP contribution is 2.20. The lowest BCUT2D eigenvalue weighted by atomic mass is 9.95. The summed E-state index contributed by atoms with van der Waals surface area (Å²) >= 11 is 0. The van der Waals surface area contributed by atoms with E-state index in [0.29, 0.717) is 19.3 Å². The van der Waals surface area contributed by atoms with Crippen LogP contribution >= 0.6 is 0 Å². The van der Waals surface area contributed by atoms with Crippen molar-refractivity contribution in [2.24, 2.45) is 28.3 Å². The van der Waals surface area contributed by atoms with E-state index in [1.807, 2.05) is 0 Å². The lowest BCUT2D eigenvalue weighted by Crippen LogP contribution is -2.42. The molecule has 1 amide bonds. The van der Waals surface area contributed by atoms with Gasteiger partial charge in [0.05, 0.1) is 31.7 Å². The summed E-state index contributed by atoms with van der Waals surface area (Å²) in [7, 11) is 0. The predicted molar refractivity (Wildman–Crippen MR) is 192 cm³/mol. The van der Waals surface area contributed by atoms with E-state index in [-0.39, 0.29) is 74.8 Å². The highest BCUT2D eigenvalue weighted by molar-refractivity contribution is 5.84. The number of nitrogens with zero attached hydrogens (tertiary/aromatic N) is 1. The normalized spacial score (nSPS) is 12.8. The first-order valence-corrected chi connectivity index (χ1v) is 19.0. The van der Waals surface area contributed by atoms with E-state index in [1.165, 1.54) is 12.8 Å². The van der Waals surface area contributed by atoms with Crippen LogP contribution in [0.15, 0.2) is 4.99 Å². The van der Waals surface area contributed by atoms with Crippen molar-refractivity contribution >= 4 is 29.8 Å². The monoisotopic (exact) mass is 683 g/mol. The van der Waals surface area contributed by atoms with Crippen LogP contribution in [0.2, 0.25) is 0 Å². The Morgan fingerprint density at radius 3 is 1.44 bits per heavy atom. The number of hydrogen-bond donors (Lipinski definition) is 3. The molecular weight excluding hydrogens is 612 g/mol. The highest BCUT2D eigenvalue weighted by Gasteiger charge is 2.23. The molecule has 0 aliphatic heterocycles. The number of hydrogen-bond acceptors (Lipinski definition) is 8. The fourth-order valence-electron chi connectivity index (χ4n) is 5.43. The Kier molecular flexibility index (Phi) is 29.6. The van der Waals surface area contributed by atoms with Crippen LogP contribution in [-0.4, -0.2) is 62.2 Å². The fourth-order valence-corrected chi connectivity index (χ4v) is 5.43. The summed E-state index contributed by atoms with van der Waals surface area (Å²) in [6.45, 7) is 9.27. The predicted octanol–water partition coefficient (Wildman–Crippen LogP) is 6.88. The minimum atomic E-state index is -0.922. The van der Waals surface area contributed by atoms with Crippen LogP contribution in [0.3, 0.4) is 0 Å². The van der Waals surface area contributed by atoms with Crippen LogP contribution < -0.4 is 16.8 Å². The number of unbranched alkanes of at least 4 members (excludes halogenated alkanes) is 9. The molecule has 0 aromatic carbocycles. The number of amides is 1. The average molecular weight is 683 g/mol. The van der Waals surface area contributed by atoms with Gasteiger partial charge in [0.15, 0.2) is 5.96 Å². The fraction of sp³-hybridized carbons (Fsp3) is 0.865. The van der Waals surface area contributed by atoms with E-state index < -0.39 is 12.0 Å². The van der Waals surface area contributed by atoms with E-state index in [1.54, 1.807) is 0 Å². The number of guanidine groups is 1. The number of carbonyl (C=O) groups excluding carboxylic acids is 4. The molecule has 3 unspecified atom stereocenters. The molecule has 280 valence electrons. The number of nitrogens with one attached hydrogen (secondary N) is 1. The summed E-state index contributed by atoms with van der Waals surface area (Å²) in [5.74, 6) is -1.50. The van der Waals surface area contributed by atoms with Crippen LogP contribution in [0.1, 0.15) is 163 Å². The highest BCUT2D eigenvalue weighted by atomic mass is 16.5. The maximum absolute atomic E-state index is 12.8. The molecule has 0 aromatic heterocycles. The van der Waals surface area contributed by atoms with Crippen LogP contribution in [0.4, 0.5) is 0 Å². The summed E-state index contributed by atoms with van der Waals surface area (Å²) < 4.78 is 16.5. The molecule has 0 heterocycles. The molecule has 0 bridgehead atoms. The smallest absolute Gasteiger partial charge is 0.328 e. The van der Waals surface area contributed by atoms with Gasteiger partial charge < -0.3 is 31.0 Å². The lowest BCUT2D eigenvalue weighted by molar-refractivity contribution is -0.151. The maximum Gasteiger partial charge on any atom is 0.328 e. The Labute approximate surface area is 291 Å². The Balaban J connectivity index is 4.66. The van der Waals surface area contributed by atoms with E-state index in [4.69, 9.17) is 25.7 Å². The van der Waals surface area contributed by atoms with E-state index in [2.05, 4.69) is 38.0 Å². The summed E-state index contributed by atoms with van der Waals surface area (Å²) in [6.07, 6.45) is 18.1. The molecule has 11 heteroatoms. The number of ether oxygens (including phenoxy) is 3. The number of carbonyl (C=O) groups is 4. The number of esters is 3. The minimum absolute atomic E-state index is 0.0516. The van der Waals surface area contributed by atoms with Gasteiger partial charge in [-0.1, -0.05) is 105 Å². The van der Waals surface area contributed by atoms with Gasteiger partial charge in [-0.05, 0) is 51.4 Å². The Bertz CT molecular complexity index is 880. The average Bonchev–Trinajstić information content (AvgIpc) is 3.06. The minimum Gasteiger partial charge on any atom is -0.465 e. The van der Waals surface area contributed by atoms with Gasteiger partial charge in [-0.25, -0.2) is 4.79 Å². The van der Waals surface area contributed by atoms with Crippen LogP contribution in [0.25, 0.3) is 0 Å². The van der Waals surface area contributed by atoms with Gasteiger partial charge in [-0.15, -0.1) is 0 Å². The first kappa shape index (κ1) is 45.2.